The lowest BCUT2D eigenvalue weighted by molar-refractivity contribution is 0.949. The Morgan fingerprint density at radius 1 is 1.60 bits per heavy atom. The van der Waals surface area contributed by atoms with Crippen LogP contribution in [0.25, 0.3) is 0 Å². The van der Waals surface area contributed by atoms with Gasteiger partial charge in [-0.25, -0.2) is 0 Å². The van der Waals surface area contributed by atoms with E-state index >= 15 is 0 Å². The zero-order valence-corrected chi connectivity index (χ0v) is 3.92. The van der Waals surface area contributed by atoms with Crippen molar-refractivity contribution in [3.63, 3.8) is 0 Å². The van der Waals surface area contributed by atoms with Gasteiger partial charge in [0.1, 0.15) is 0 Å². The monoisotopic (exact) mass is 89.0 g/mol. The average Bonchev–Trinajstić information content (AvgIpc) is 1.86. The molecule has 1 aliphatic rings. The lowest BCUT2D eigenvalue weighted by atomic mass is 10.4. The highest BCUT2D eigenvalue weighted by Crippen LogP contribution is 2.14. The lowest BCUT2D eigenvalue weighted by Crippen LogP contribution is -1.58. The van der Waals surface area contributed by atoms with Gasteiger partial charge in [-0.05, 0) is 24.3 Å². The van der Waals surface area contributed by atoms with Gasteiger partial charge in [-0.2, -0.15) is 11.8 Å². The first-order valence-electron chi connectivity index (χ1n) is 2.51. The Kier molecular flexibility index (Phi) is 0.856. The Morgan fingerprint density at radius 2 is 2.60 bits per heavy atom. The van der Waals surface area contributed by atoms with Crippen molar-refractivity contribution >= 4 is 11.8 Å². The van der Waals surface area contributed by atoms with E-state index in [0.717, 1.165) is 6.42 Å². The number of thioether (sulfide) groups is 1. The summed E-state index contributed by atoms with van der Waals surface area (Å²) in [4.78, 5) is 0. The van der Waals surface area contributed by atoms with Crippen molar-refractivity contribution in [2.45, 2.75) is 12.8 Å². The molecule has 0 nitrogen and oxygen atoms in total. The first-order valence-corrected chi connectivity index (χ1v) is 2.98. The maximum absolute atomic E-state index is 7.09. The van der Waals surface area contributed by atoms with Gasteiger partial charge in [-0.1, -0.05) is 0 Å². The Hall–Kier alpha value is 0.350. The highest BCUT2D eigenvalue weighted by Gasteiger charge is 1.95. The largest absolute Gasteiger partial charge is 0.162 e. The van der Waals surface area contributed by atoms with Crippen molar-refractivity contribution in [2.24, 2.45) is 0 Å². The van der Waals surface area contributed by atoms with Crippen LogP contribution in [0.15, 0.2) is 0 Å². The standard InChI is InChI=1S/C4H8S/c1-2-4-5-3-1/h1-4H2/i3D. The maximum Gasteiger partial charge on any atom is 0.0380 e. The van der Waals surface area contributed by atoms with Crippen LogP contribution in [0, 0.1) is 0 Å². The molecule has 1 unspecified atom stereocenters. The first-order chi connectivity index (χ1) is 2.89. The fourth-order valence-electron chi connectivity index (χ4n) is 0.417. The molecule has 1 rings (SSSR count). The molecular weight excluding hydrogens is 80.1 g/mol. The molecule has 0 N–H and O–H groups in total. The first kappa shape index (κ1) is 2.51. The number of hydrogen-bond donors (Lipinski definition) is 0. The van der Waals surface area contributed by atoms with E-state index in [9.17, 15) is 0 Å². The van der Waals surface area contributed by atoms with Crippen LogP contribution < -0.4 is 0 Å². The van der Waals surface area contributed by atoms with Crippen molar-refractivity contribution < 1.29 is 1.37 Å². The smallest absolute Gasteiger partial charge is 0.0380 e. The van der Waals surface area contributed by atoms with Gasteiger partial charge in [0.05, 0.1) is 0 Å². The van der Waals surface area contributed by atoms with Gasteiger partial charge < -0.3 is 0 Å². The molecule has 0 aromatic heterocycles. The highest BCUT2D eigenvalue weighted by atomic mass is 32.2. The van der Waals surface area contributed by atoms with Crippen LogP contribution in [0.4, 0.5) is 0 Å². The third kappa shape index (κ3) is 0.839. The summed E-state index contributed by atoms with van der Waals surface area (Å²) in [6.07, 6.45) is 2.38. The second-order valence-corrected chi connectivity index (χ2v) is 2.25. The molecule has 0 aliphatic carbocycles. The quantitative estimate of drug-likeness (QED) is 0.433. The van der Waals surface area contributed by atoms with Gasteiger partial charge in [0, 0.05) is 1.37 Å². The number of hydrogen-bond acceptors (Lipinski definition) is 1. The van der Waals surface area contributed by atoms with E-state index in [2.05, 4.69) is 0 Å². The topological polar surface area (TPSA) is 0 Å². The Morgan fingerprint density at radius 3 is 2.80 bits per heavy atom. The van der Waals surface area contributed by atoms with Gasteiger partial charge in [-0.3, -0.25) is 0 Å². The minimum atomic E-state index is 0.213. The molecule has 0 radical (unpaired) electrons. The summed E-state index contributed by atoms with van der Waals surface area (Å²) in [7, 11) is 0. The van der Waals surface area contributed by atoms with E-state index in [1.54, 1.807) is 11.8 Å². The molecule has 1 saturated heterocycles. The number of rotatable bonds is 0. The lowest BCUT2D eigenvalue weighted by Gasteiger charge is -1.69. The molecular formula is C4H8S. The van der Waals surface area contributed by atoms with Crippen molar-refractivity contribution in [3.8, 4) is 0 Å². The summed E-state index contributed by atoms with van der Waals surface area (Å²) < 4.78 is 7.09. The molecule has 1 aliphatic heterocycles. The molecule has 1 heteroatoms. The predicted molar refractivity (Wildman–Crippen MR) is 26.6 cm³/mol. The van der Waals surface area contributed by atoms with E-state index in [1.165, 1.54) is 12.2 Å². The van der Waals surface area contributed by atoms with Crippen molar-refractivity contribution in [2.75, 3.05) is 11.5 Å². The van der Waals surface area contributed by atoms with Crippen LogP contribution in [0.5, 0.6) is 0 Å². The summed E-state index contributed by atoms with van der Waals surface area (Å²) in [6.45, 7) is 0. The van der Waals surface area contributed by atoms with Crippen LogP contribution >= 0.6 is 11.8 Å². The highest BCUT2D eigenvalue weighted by molar-refractivity contribution is 7.99. The second kappa shape index (κ2) is 1.71. The van der Waals surface area contributed by atoms with E-state index in [0.29, 0.717) is 0 Å². The zero-order chi connectivity index (χ0) is 4.41. The van der Waals surface area contributed by atoms with Gasteiger partial charge in [0.2, 0.25) is 0 Å². The zero-order valence-electron chi connectivity index (χ0n) is 4.11. The van der Waals surface area contributed by atoms with Crippen LogP contribution in [0.3, 0.4) is 0 Å². The van der Waals surface area contributed by atoms with Gasteiger partial charge in [0.25, 0.3) is 0 Å². The fraction of sp³-hybridized carbons (Fsp3) is 1.00. The third-order valence-electron chi connectivity index (χ3n) is 0.702. The molecule has 1 fully saturated rings. The van der Waals surface area contributed by atoms with Crippen LogP contribution in [-0.2, 0) is 0 Å². The fourth-order valence-corrected chi connectivity index (χ4v) is 1.25. The second-order valence-electron chi connectivity index (χ2n) is 1.18. The third-order valence-corrected chi connectivity index (χ3v) is 1.70. The molecule has 0 aromatic carbocycles. The molecule has 1 atom stereocenters. The molecule has 30 valence electrons. The van der Waals surface area contributed by atoms with Gasteiger partial charge >= 0.3 is 0 Å². The molecule has 1 heterocycles. The predicted octanol–water partition coefficient (Wildman–Crippen LogP) is 1.51. The molecule has 0 saturated carbocycles. The van der Waals surface area contributed by atoms with E-state index in [1.807, 2.05) is 0 Å². The molecule has 0 amide bonds. The minimum Gasteiger partial charge on any atom is -0.162 e. The SMILES string of the molecule is [2H]C1CCCS1. The Balaban J connectivity index is 2.18. The Labute approximate surface area is 38.4 Å². The van der Waals surface area contributed by atoms with Gasteiger partial charge in [0.15, 0.2) is 0 Å². The summed E-state index contributed by atoms with van der Waals surface area (Å²) >= 11 is 1.76. The molecule has 0 spiro atoms. The van der Waals surface area contributed by atoms with Crippen molar-refractivity contribution in [1.82, 2.24) is 0 Å². The molecule has 0 aromatic rings. The van der Waals surface area contributed by atoms with Crippen LogP contribution in [0.1, 0.15) is 14.2 Å². The van der Waals surface area contributed by atoms with E-state index in [4.69, 9.17) is 1.37 Å². The van der Waals surface area contributed by atoms with Crippen LogP contribution in [0.2, 0.25) is 0 Å². The van der Waals surface area contributed by atoms with Crippen LogP contribution in [-0.4, -0.2) is 11.5 Å². The average molecular weight is 89.2 g/mol. The summed E-state index contributed by atoms with van der Waals surface area (Å²) in [5, 5.41) is 0. The molecule has 5 heavy (non-hydrogen) atoms. The van der Waals surface area contributed by atoms with E-state index < -0.39 is 0 Å². The van der Waals surface area contributed by atoms with Crippen molar-refractivity contribution in [1.29, 1.82) is 0 Å². The van der Waals surface area contributed by atoms with Gasteiger partial charge in [-0.15, -0.1) is 0 Å². The minimum absolute atomic E-state index is 0.213. The normalized spacial score (nSPS) is 41.6. The van der Waals surface area contributed by atoms with Crippen molar-refractivity contribution in [3.05, 3.63) is 0 Å². The summed E-state index contributed by atoms with van der Waals surface area (Å²) in [5.74, 6) is 1.22. The maximum atomic E-state index is 7.09. The Bertz CT molecular complexity index is 40.8. The van der Waals surface area contributed by atoms with E-state index in [-0.39, 0.29) is 5.73 Å². The summed E-state index contributed by atoms with van der Waals surface area (Å²) in [6, 6.07) is 0. The summed E-state index contributed by atoms with van der Waals surface area (Å²) in [5.41, 5.74) is 0.213. The molecule has 0 bridgehead atoms.